The van der Waals surface area contributed by atoms with E-state index in [4.69, 9.17) is 4.65 Å². The normalized spacial score (nSPS) is 9.53. The van der Waals surface area contributed by atoms with Crippen LogP contribution in [0.4, 0.5) is 0 Å². The molecule has 0 aliphatic heterocycles. The Morgan fingerprint density at radius 2 is 1.47 bits per heavy atom. The van der Waals surface area contributed by atoms with E-state index in [-0.39, 0.29) is 15.3 Å². The number of hydrogen-bond donors (Lipinski definition) is 0. The van der Waals surface area contributed by atoms with E-state index >= 15 is 0 Å². The molecule has 98 valence electrons. The summed E-state index contributed by atoms with van der Waals surface area (Å²) >= 11 is 0. The molecule has 2 aromatic rings. The topological polar surface area (TPSA) is 9.23 Å². The molecule has 0 amide bonds. The molecule has 0 unspecified atom stereocenters. The van der Waals surface area contributed by atoms with Crippen LogP contribution in [0.25, 0.3) is 0 Å². The number of para-hydroxylation sites is 1. The average Bonchev–Trinajstić information content (AvgIpc) is 2.45. The molecule has 0 bridgehead atoms. The van der Waals surface area contributed by atoms with Crippen LogP contribution < -0.4 is 10.1 Å². The van der Waals surface area contributed by atoms with Crippen LogP contribution in [0.1, 0.15) is 19.8 Å². The Hall–Kier alpha value is -1.63. The second-order valence-corrected chi connectivity index (χ2v) is 4.47. The zero-order valence-corrected chi connectivity index (χ0v) is 10.9. The summed E-state index contributed by atoms with van der Waals surface area (Å²) in [6.07, 6.45) is 3.45. The number of benzene rings is 2. The molecule has 0 aliphatic rings. The maximum absolute atomic E-state index is 6.10. The second kappa shape index (κ2) is 8.47. The Bertz CT molecular complexity index is 445. The fourth-order valence-corrected chi connectivity index (χ4v) is 2.01. The molecule has 0 spiro atoms. The zero-order chi connectivity index (χ0) is 12.6. The SMILES string of the molecule is B.CCCCB(Oc1ccccc1)c1ccccc1. The van der Waals surface area contributed by atoms with Gasteiger partial charge in [0, 0.05) is 0 Å². The fraction of sp³-hybridized carbons (Fsp3) is 0.250. The van der Waals surface area contributed by atoms with Crippen LogP contribution in [0.5, 0.6) is 5.75 Å². The van der Waals surface area contributed by atoms with E-state index in [9.17, 15) is 0 Å². The predicted molar refractivity (Wildman–Crippen MR) is 88.6 cm³/mol. The van der Waals surface area contributed by atoms with Crippen molar-refractivity contribution >= 4 is 20.8 Å². The molecule has 0 aromatic heterocycles. The van der Waals surface area contributed by atoms with Gasteiger partial charge in [0.2, 0.25) is 0 Å². The monoisotopic (exact) mass is 252 g/mol. The van der Waals surface area contributed by atoms with Gasteiger partial charge < -0.3 is 4.65 Å². The Kier molecular flexibility index (Phi) is 6.88. The second-order valence-electron chi connectivity index (χ2n) is 4.47. The van der Waals surface area contributed by atoms with Gasteiger partial charge in [-0.3, -0.25) is 0 Å². The molecule has 0 radical (unpaired) electrons. The van der Waals surface area contributed by atoms with Gasteiger partial charge in [-0.05, 0) is 23.9 Å². The summed E-state index contributed by atoms with van der Waals surface area (Å²) in [5.41, 5.74) is 1.26. The van der Waals surface area contributed by atoms with Gasteiger partial charge in [0.1, 0.15) is 0 Å². The highest BCUT2D eigenvalue weighted by Gasteiger charge is 2.19. The van der Waals surface area contributed by atoms with Crippen molar-refractivity contribution in [3.05, 3.63) is 60.7 Å². The highest BCUT2D eigenvalue weighted by atomic mass is 16.4. The lowest BCUT2D eigenvalue weighted by Gasteiger charge is -2.15. The Morgan fingerprint density at radius 3 is 2.05 bits per heavy atom. The van der Waals surface area contributed by atoms with Gasteiger partial charge in [-0.15, -0.1) is 0 Å². The first-order chi connectivity index (χ1) is 8.90. The van der Waals surface area contributed by atoms with E-state index in [2.05, 4.69) is 31.2 Å². The third kappa shape index (κ3) is 4.86. The van der Waals surface area contributed by atoms with Gasteiger partial charge in [-0.2, -0.15) is 0 Å². The van der Waals surface area contributed by atoms with Crippen LogP contribution in [-0.2, 0) is 0 Å². The van der Waals surface area contributed by atoms with E-state index in [1.807, 2.05) is 36.4 Å². The highest BCUT2D eigenvalue weighted by Crippen LogP contribution is 2.13. The van der Waals surface area contributed by atoms with Gasteiger partial charge in [0.05, 0.1) is 14.2 Å². The minimum Gasteiger partial charge on any atom is -0.556 e. The van der Waals surface area contributed by atoms with Crippen molar-refractivity contribution in [3.8, 4) is 5.75 Å². The Morgan fingerprint density at radius 1 is 0.895 bits per heavy atom. The van der Waals surface area contributed by atoms with Gasteiger partial charge >= 0.3 is 6.92 Å². The van der Waals surface area contributed by atoms with E-state index < -0.39 is 0 Å². The molecule has 1 nitrogen and oxygen atoms in total. The van der Waals surface area contributed by atoms with Crippen LogP contribution >= 0.6 is 0 Å². The molecule has 0 fully saturated rings. The van der Waals surface area contributed by atoms with E-state index in [1.165, 1.54) is 18.3 Å². The first-order valence-electron chi connectivity index (χ1n) is 6.67. The molecule has 2 rings (SSSR count). The van der Waals surface area contributed by atoms with Crippen molar-refractivity contribution in [2.24, 2.45) is 0 Å². The lowest BCUT2D eigenvalue weighted by molar-refractivity contribution is 0.573. The van der Waals surface area contributed by atoms with Crippen molar-refractivity contribution in [2.45, 2.75) is 26.1 Å². The van der Waals surface area contributed by atoms with Crippen LogP contribution in [0.3, 0.4) is 0 Å². The number of rotatable bonds is 6. The molecular formula is C16H22B2O. The fourth-order valence-electron chi connectivity index (χ4n) is 2.01. The number of unbranched alkanes of at least 4 members (excludes halogenated alkanes) is 1. The van der Waals surface area contributed by atoms with Gasteiger partial charge in [0.25, 0.3) is 0 Å². The molecule has 19 heavy (non-hydrogen) atoms. The van der Waals surface area contributed by atoms with Crippen LogP contribution in [0.2, 0.25) is 6.32 Å². The number of hydrogen-bond acceptors (Lipinski definition) is 1. The Labute approximate surface area is 118 Å². The van der Waals surface area contributed by atoms with Crippen LogP contribution in [-0.4, -0.2) is 15.3 Å². The summed E-state index contributed by atoms with van der Waals surface area (Å²) in [7, 11) is 0. The molecule has 0 saturated carbocycles. The maximum Gasteiger partial charge on any atom is 0.391 e. The summed E-state index contributed by atoms with van der Waals surface area (Å²) in [5, 5.41) is 0. The summed E-state index contributed by atoms with van der Waals surface area (Å²) < 4.78 is 6.10. The van der Waals surface area contributed by atoms with Gasteiger partial charge in [-0.25, -0.2) is 0 Å². The quantitative estimate of drug-likeness (QED) is 0.718. The minimum atomic E-state index is 0. The first-order valence-corrected chi connectivity index (χ1v) is 6.67. The van der Waals surface area contributed by atoms with E-state index in [0.717, 1.165) is 12.1 Å². The van der Waals surface area contributed by atoms with E-state index in [1.54, 1.807) is 0 Å². The minimum absolute atomic E-state index is 0. The molecule has 0 atom stereocenters. The molecule has 3 heteroatoms. The predicted octanol–water partition coefficient (Wildman–Crippen LogP) is 2.58. The zero-order valence-electron chi connectivity index (χ0n) is 10.9. The van der Waals surface area contributed by atoms with Crippen molar-refractivity contribution in [1.82, 2.24) is 0 Å². The lowest BCUT2D eigenvalue weighted by Crippen LogP contribution is -2.36. The molecule has 0 heterocycles. The average molecular weight is 252 g/mol. The Balaban J connectivity index is 0.00000180. The summed E-state index contributed by atoms with van der Waals surface area (Å²) in [6.45, 7) is 2.37. The van der Waals surface area contributed by atoms with Crippen molar-refractivity contribution in [1.29, 1.82) is 0 Å². The third-order valence-electron chi connectivity index (χ3n) is 3.01. The molecule has 2 aromatic carbocycles. The summed E-state index contributed by atoms with van der Waals surface area (Å²) in [6, 6.07) is 20.5. The van der Waals surface area contributed by atoms with Crippen LogP contribution in [0, 0.1) is 0 Å². The summed E-state index contributed by atoms with van der Waals surface area (Å²) in [5.74, 6) is 0.947. The molecule has 0 saturated heterocycles. The lowest BCUT2D eigenvalue weighted by atomic mass is 9.57. The van der Waals surface area contributed by atoms with Crippen molar-refractivity contribution in [2.75, 3.05) is 0 Å². The standard InChI is InChI=1S/C16H19BO.BH3/c1-2-3-14-17(15-10-6-4-7-11-15)18-16-12-8-5-9-13-16;/h4-13H,2-3,14H2,1H3;1H3. The van der Waals surface area contributed by atoms with Crippen LogP contribution in [0.15, 0.2) is 60.7 Å². The molecule has 0 N–H and O–H groups in total. The van der Waals surface area contributed by atoms with Gasteiger partial charge in [0.15, 0.2) is 0 Å². The first kappa shape index (κ1) is 15.4. The molecular weight excluding hydrogens is 230 g/mol. The smallest absolute Gasteiger partial charge is 0.391 e. The van der Waals surface area contributed by atoms with Crippen molar-refractivity contribution < 1.29 is 4.65 Å². The molecule has 0 aliphatic carbocycles. The summed E-state index contributed by atoms with van der Waals surface area (Å²) in [4.78, 5) is 0. The van der Waals surface area contributed by atoms with E-state index in [0.29, 0.717) is 0 Å². The third-order valence-corrected chi connectivity index (χ3v) is 3.01. The maximum atomic E-state index is 6.10. The van der Waals surface area contributed by atoms with Crippen molar-refractivity contribution in [3.63, 3.8) is 0 Å². The van der Waals surface area contributed by atoms with Gasteiger partial charge in [-0.1, -0.05) is 68.3 Å². The highest BCUT2D eigenvalue weighted by molar-refractivity contribution is 6.68. The largest absolute Gasteiger partial charge is 0.556 e.